The molecular weight excluding hydrogens is 238 g/mol. The summed E-state index contributed by atoms with van der Waals surface area (Å²) in [6.07, 6.45) is 0. The van der Waals surface area contributed by atoms with E-state index in [1.807, 2.05) is 0 Å². The number of hydrogen-bond donors (Lipinski definition) is 0. The zero-order chi connectivity index (χ0) is 7.71. The fourth-order valence-corrected chi connectivity index (χ4v) is 1.10. The maximum atomic E-state index is 9.32. The third-order valence-corrected chi connectivity index (χ3v) is 1.80. The zero-order valence-corrected chi connectivity index (χ0v) is 10.6. The Balaban J connectivity index is -0.000000320. The Kier molecular flexibility index (Phi) is 11.5. The molecule has 0 unspecified atom stereocenters. The molecule has 0 amide bonds. The van der Waals surface area contributed by atoms with Crippen LogP contribution in [-0.2, 0) is 13.4 Å². The summed E-state index contributed by atoms with van der Waals surface area (Å²) in [7, 11) is -11.4. The molecule has 11 heavy (non-hydrogen) atoms. The summed E-state index contributed by atoms with van der Waals surface area (Å²) < 4.78 is 21.2. The molecule has 0 N–H and O–H groups in total. The minimum absolute atomic E-state index is 0. The van der Waals surface area contributed by atoms with Crippen molar-refractivity contribution >= 4 is 76.4 Å². The van der Waals surface area contributed by atoms with E-state index in [9.17, 15) is 28.7 Å². The average molecular weight is 238 g/mol. The Morgan fingerprint density at radius 3 is 1.09 bits per heavy atom. The molecule has 0 saturated heterocycles. The summed E-state index contributed by atoms with van der Waals surface area (Å²) in [5, 5.41) is 0. The molecule has 0 rings (SSSR count). The molecular formula is CaMgO7P2. The van der Waals surface area contributed by atoms with E-state index in [0.717, 1.165) is 0 Å². The van der Waals surface area contributed by atoms with Crippen LogP contribution in [0.15, 0.2) is 0 Å². The van der Waals surface area contributed by atoms with Gasteiger partial charge in [-0.15, -0.1) is 0 Å². The van der Waals surface area contributed by atoms with Crippen LogP contribution in [0.4, 0.5) is 0 Å². The van der Waals surface area contributed by atoms with Crippen LogP contribution in [0.3, 0.4) is 0 Å². The van der Waals surface area contributed by atoms with Gasteiger partial charge in [-0.3, -0.25) is 0 Å². The second kappa shape index (κ2) is 6.70. The molecule has 0 heterocycles. The molecule has 0 saturated carbocycles. The van der Waals surface area contributed by atoms with Crippen LogP contribution in [0.25, 0.3) is 0 Å². The van der Waals surface area contributed by atoms with Crippen molar-refractivity contribution in [2.45, 2.75) is 0 Å². The summed E-state index contributed by atoms with van der Waals surface area (Å²) >= 11 is 0. The van der Waals surface area contributed by atoms with E-state index in [1.54, 1.807) is 0 Å². The Morgan fingerprint density at radius 2 is 1.09 bits per heavy atom. The maximum Gasteiger partial charge on any atom is 2.00 e. The second-order valence-corrected chi connectivity index (χ2v) is 3.42. The Bertz CT molecular complexity index is 157. The summed E-state index contributed by atoms with van der Waals surface area (Å²) in [6.45, 7) is 0. The van der Waals surface area contributed by atoms with Gasteiger partial charge in [0.25, 0.3) is 0 Å². The minimum Gasteiger partial charge on any atom is -0.790 e. The van der Waals surface area contributed by atoms with Crippen LogP contribution in [-0.4, -0.2) is 60.8 Å². The SMILES string of the molecule is O=P([O-])([O-])OP(=O)([O-])[O-].[Ca+2].[Mg+2]. The van der Waals surface area contributed by atoms with Crippen LogP contribution in [0.1, 0.15) is 0 Å². The van der Waals surface area contributed by atoms with Crippen molar-refractivity contribution < 1.29 is 33.0 Å². The Labute approximate surface area is 108 Å². The van der Waals surface area contributed by atoms with Crippen molar-refractivity contribution in [2.75, 3.05) is 0 Å². The molecule has 0 spiro atoms. The van der Waals surface area contributed by atoms with E-state index in [4.69, 9.17) is 0 Å². The van der Waals surface area contributed by atoms with Gasteiger partial charge in [0.2, 0.25) is 0 Å². The van der Waals surface area contributed by atoms with Gasteiger partial charge in [0.15, 0.2) is 0 Å². The molecule has 0 atom stereocenters. The quantitative estimate of drug-likeness (QED) is 0.352. The normalized spacial score (nSPS) is 11.3. The van der Waals surface area contributed by atoms with E-state index in [1.165, 1.54) is 0 Å². The third-order valence-electron chi connectivity index (χ3n) is 0.200. The molecule has 0 aromatic carbocycles. The van der Waals surface area contributed by atoms with E-state index in [2.05, 4.69) is 4.31 Å². The maximum absolute atomic E-state index is 9.32. The van der Waals surface area contributed by atoms with Gasteiger partial charge in [0, 0.05) is 0 Å². The van der Waals surface area contributed by atoms with Gasteiger partial charge in [-0.25, -0.2) is 0 Å². The van der Waals surface area contributed by atoms with Crippen molar-refractivity contribution in [3.63, 3.8) is 0 Å². The molecule has 11 heteroatoms. The first-order valence-electron chi connectivity index (χ1n) is 1.46. The minimum atomic E-state index is -5.68. The largest absolute Gasteiger partial charge is 2.00 e. The van der Waals surface area contributed by atoms with Crippen LogP contribution in [0, 0.1) is 0 Å². The van der Waals surface area contributed by atoms with Crippen LogP contribution in [0.5, 0.6) is 0 Å². The van der Waals surface area contributed by atoms with Crippen molar-refractivity contribution in [3.05, 3.63) is 0 Å². The first-order chi connectivity index (χ1) is 3.71. The summed E-state index contributed by atoms with van der Waals surface area (Å²) in [5.74, 6) is 0. The predicted octanol–water partition coefficient (Wildman–Crippen LogP) is -4.10. The molecule has 0 bridgehead atoms. The van der Waals surface area contributed by atoms with Crippen LogP contribution >= 0.6 is 15.6 Å². The number of phosphoric acid groups is 2. The van der Waals surface area contributed by atoms with Crippen LogP contribution < -0.4 is 19.6 Å². The molecule has 0 fully saturated rings. The molecule has 0 aliphatic carbocycles. The van der Waals surface area contributed by atoms with Gasteiger partial charge in [-0.05, 0) is 0 Å². The van der Waals surface area contributed by atoms with Crippen LogP contribution in [0.2, 0.25) is 0 Å². The Morgan fingerprint density at radius 1 is 0.909 bits per heavy atom. The fraction of sp³-hybridized carbons (Fsp3) is 0. The van der Waals surface area contributed by atoms with Gasteiger partial charge in [-0.1, -0.05) is 0 Å². The van der Waals surface area contributed by atoms with Crippen molar-refractivity contribution in [3.8, 4) is 0 Å². The first kappa shape index (κ1) is 19.0. The van der Waals surface area contributed by atoms with Gasteiger partial charge in [0.1, 0.15) is 0 Å². The predicted molar refractivity (Wildman–Crippen MR) is 27.8 cm³/mol. The summed E-state index contributed by atoms with van der Waals surface area (Å²) in [4.78, 5) is 37.3. The number of rotatable bonds is 2. The average Bonchev–Trinajstić information content (AvgIpc) is 1.14. The molecule has 56 valence electrons. The van der Waals surface area contributed by atoms with E-state index in [0.29, 0.717) is 0 Å². The van der Waals surface area contributed by atoms with Gasteiger partial charge in [0.05, 0.1) is 15.6 Å². The Hall–Kier alpha value is 2.29. The fourth-order valence-electron chi connectivity index (χ4n) is 0.122. The molecule has 0 aromatic heterocycles. The zero-order valence-electron chi connectivity index (χ0n) is 5.17. The van der Waals surface area contributed by atoms with Crippen molar-refractivity contribution in [1.82, 2.24) is 0 Å². The second-order valence-electron chi connectivity index (χ2n) is 0.976. The summed E-state index contributed by atoms with van der Waals surface area (Å²) in [6, 6.07) is 0. The van der Waals surface area contributed by atoms with Gasteiger partial charge >= 0.3 is 60.8 Å². The van der Waals surface area contributed by atoms with E-state index in [-0.39, 0.29) is 60.8 Å². The topological polar surface area (TPSA) is 136 Å². The molecule has 7 nitrogen and oxygen atoms in total. The molecule has 0 radical (unpaired) electrons. The molecule has 0 aliphatic rings. The molecule has 0 aliphatic heterocycles. The standard InChI is InChI=1S/Ca.Mg.H4O7P2/c;;1-8(2,3)7-9(4,5)6/h;;(H2,1,2,3)(H2,4,5,6)/q2*+2;/p-4. The monoisotopic (exact) mass is 238 g/mol. The molecule has 0 aromatic rings. The third kappa shape index (κ3) is 18.9. The van der Waals surface area contributed by atoms with Crippen molar-refractivity contribution in [1.29, 1.82) is 0 Å². The van der Waals surface area contributed by atoms with Crippen molar-refractivity contribution in [2.24, 2.45) is 0 Å². The van der Waals surface area contributed by atoms with E-state index >= 15 is 0 Å². The number of hydrogen-bond acceptors (Lipinski definition) is 7. The van der Waals surface area contributed by atoms with Gasteiger partial charge < -0.3 is 33.0 Å². The smallest absolute Gasteiger partial charge is 0.790 e. The van der Waals surface area contributed by atoms with E-state index < -0.39 is 15.6 Å². The first-order valence-corrected chi connectivity index (χ1v) is 4.38. The summed E-state index contributed by atoms with van der Waals surface area (Å²) in [5.41, 5.74) is 0. The van der Waals surface area contributed by atoms with Gasteiger partial charge in [-0.2, -0.15) is 0 Å².